The Morgan fingerprint density at radius 1 is 1.06 bits per heavy atom. The molecule has 0 radical (unpaired) electrons. The standard InChI is InChI=1S/C52H75N7O11/c1-12-21-57(10)39-24-32(4)66-49(44(39)62)69-47-34(6)45(68-42(60)25-36-17-16-20-54-27-36)35(7)48(63)67-40(13-2)52(9)46(33(5)43(61)31(3)26-51(47,8)65-11)59(50(64)70-52)23-15-14-22-58-29-38(56-30-58)37-18-19-41(53)55-28-37/h12,16-20,27-35,39-40,44-47,49,62H,1,13-15,21-26H2,2-11H3,(H2,53,55)/t31-,32-,33+,34+,35-,39+,40-,44-,45+,46-,47-,49+,51-,52-/m1/s1. The quantitative estimate of drug-likeness (QED) is 0.0722. The van der Waals surface area contributed by atoms with Crippen molar-refractivity contribution in [2.75, 3.05) is 33.0 Å². The van der Waals surface area contributed by atoms with E-state index in [1.807, 2.05) is 56.5 Å². The normalized spacial score (nSPS) is 33.3. The molecular weight excluding hydrogens is 899 g/mol. The van der Waals surface area contributed by atoms with Gasteiger partial charge < -0.3 is 48.7 Å². The number of imidazole rings is 1. The summed E-state index contributed by atoms with van der Waals surface area (Å²) in [7, 11) is 3.41. The molecule has 18 heteroatoms. The summed E-state index contributed by atoms with van der Waals surface area (Å²) in [4.78, 5) is 74.4. The molecule has 3 aromatic heterocycles. The lowest BCUT2D eigenvalue weighted by Gasteiger charge is -2.48. The minimum atomic E-state index is -1.46. The highest BCUT2D eigenvalue weighted by molar-refractivity contribution is 5.85. The van der Waals surface area contributed by atoms with Crippen molar-refractivity contribution in [2.45, 2.75) is 161 Å². The molecule has 0 unspecified atom stereocenters. The minimum absolute atomic E-state index is 0.101. The number of aliphatic hydroxyl groups is 1. The Morgan fingerprint density at radius 2 is 1.80 bits per heavy atom. The summed E-state index contributed by atoms with van der Waals surface area (Å²) in [5.41, 5.74) is 5.19. The minimum Gasteiger partial charge on any atom is -0.461 e. The molecule has 0 saturated carbocycles. The van der Waals surface area contributed by atoms with Crippen molar-refractivity contribution in [3.05, 3.63) is 73.6 Å². The second-order valence-electron chi connectivity index (χ2n) is 20.0. The molecule has 3 saturated heterocycles. The highest BCUT2D eigenvalue weighted by atomic mass is 16.7. The number of cyclic esters (lactones) is 1. The van der Waals surface area contributed by atoms with E-state index in [0.29, 0.717) is 43.7 Å². The van der Waals surface area contributed by atoms with Crippen LogP contribution in [0.5, 0.6) is 0 Å². The van der Waals surface area contributed by atoms with Crippen molar-refractivity contribution in [3.63, 3.8) is 0 Å². The van der Waals surface area contributed by atoms with Gasteiger partial charge in [0, 0.05) is 80.9 Å². The lowest BCUT2D eigenvalue weighted by molar-refractivity contribution is -0.302. The molecule has 3 aromatic rings. The van der Waals surface area contributed by atoms with Crippen LogP contribution in [0, 0.1) is 23.7 Å². The highest BCUT2D eigenvalue weighted by Gasteiger charge is 2.60. The van der Waals surface area contributed by atoms with Gasteiger partial charge in [0.2, 0.25) is 0 Å². The molecule has 0 spiro atoms. The number of rotatable bonds is 16. The number of hydrogen-bond donors (Lipinski definition) is 2. The average Bonchev–Trinajstić information content (AvgIpc) is 3.91. The van der Waals surface area contributed by atoms with E-state index in [9.17, 15) is 19.5 Å². The van der Waals surface area contributed by atoms with Gasteiger partial charge >= 0.3 is 18.0 Å². The molecule has 0 aliphatic carbocycles. The number of ether oxygens (including phenoxy) is 6. The van der Waals surface area contributed by atoms with Crippen LogP contribution in [-0.2, 0) is 55.8 Å². The summed E-state index contributed by atoms with van der Waals surface area (Å²) in [6.45, 7) is 19.6. The van der Waals surface area contributed by atoms with Gasteiger partial charge in [-0.2, -0.15) is 0 Å². The van der Waals surface area contributed by atoms with Crippen LogP contribution in [0.15, 0.2) is 68.0 Å². The molecule has 14 atom stereocenters. The maximum atomic E-state index is 15.1. The van der Waals surface area contributed by atoms with Crippen LogP contribution in [0.1, 0.15) is 93.1 Å². The Hall–Kier alpha value is -5.27. The molecule has 6 rings (SSSR count). The third-order valence-corrected chi connectivity index (χ3v) is 14.8. The number of esters is 2. The van der Waals surface area contributed by atoms with Crippen molar-refractivity contribution in [3.8, 4) is 11.3 Å². The van der Waals surface area contributed by atoms with Gasteiger partial charge in [0.1, 0.15) is 29.9 Å². The molecular formula is C52H75N7O11. The van der Waals surface area contributed by atoms with Crippen LogP contribution >= 0.6 is 0 Å². The largest absolute Gasteiger partial charge is 0.461 e. The number of carbonyl (C=O) groups is 4. The van der Waals surface area contributed by atoms with Crippen molar-refractivity contribution in [2.24, 2.45) is 23.7 Å². The Morgan fingerprint density at radius 3 is 2.46 bits per heavy atom. The third-order valence-electron chi connectivity index (χ3n) is 14.8. The zero-order valence-electron chi connectivity index (χ0n) is 42.6. The molecule has 18 nitrogen and oxygen atoms in total. The number of Topliss-reactive ketones (excluding diaryl/α,β-unsaturated/α-hetero) is 1. The number of hydrogen-bond acceptors (Lipinski definition) is 16. The van der Waals surface area contributed by atoms with E-state index in [1.165, 1.54) is 7.11 Å². The Labute approximate surface area is 412 Å². The second kappa shape index (κ2) is 23.3. The van der Waals surface area contributed by atoms with E-state index >= 15 is 4.79 Å². The van der Waals surface area contributed by atoms with E-state index in [2.05, 4.69) is 21.5 Å². The van der Waals surface area contributed by atoms with Gasteiger partial charge in [0.15, 0.2) is 11.9 Å². The number of methoxy groups -OCH3 is 1. The maximum absolute atomic E-state index is 15.1. The van der Waals surface area contributed by atoms with Gasteiger partial charge in [-0.15, -0.1) is 6.58 Å². The number of likely N-dealkylation sites (N-methyl/N-ethyl adjacent to an activating group) is 1. The number of nitrogens with zero attached hydrogens (tertiary/aromatic N) is 6. The molecule has 70 heavy (non-hydrogen) atoms. The fourth-order valence-corrected chi connectivity index (χ4v) is 11.0. The number of fused-ring (bicyclic) bond motifs is 1. The van der Waals surface area contributed by atoms with Crippen LogP contribution in [0.4, 0.5) is 10.6 Å². The monoisotopic (exact) mass is 974 g/mol. The van der Waals surface area contributed by atoms with Gasteiger partial charge in [0.25, 0.3) is 0 Å². The summed E-state index contributed by atoms with van der Waals surface area (Å²) < 4.78 is 40.7. The van der Waals surface area contributed by atoms with Crippen LogP contribution in [0.3, 0.4) is 0 Å². The molecule has 0 bridgehead atoms. The molecule has 1 amide bonds. The van der Waals surface area contributed by atoms with E-state index in [-0.39, 0.29) is 43.7 Å². The molecule has 384 valence electrons. The van der Waals surface area contributed by atoms with Crippen molar-refractivity contribution in [1.82, 2.24) is 29.3 Å². The van der Waals surface area contributed by atoms with Gasteiger partial charge in [-0.05, 0) is 90.6 Å². The number of aliphatic hydroxyl groups excluding tert-OH is 1. The van der Waals surface area contributed by atoms with Crippen molar-refractivity contribution < 1.29 is 52.7 Å². The second-order valence-corrected chi connectivity index (χ2v) is 20.0. The molecule has 0 aromatic carbocycles. The van der Waals surface area contributed by atoms with Gasteiger partial charge in [-0.25, -0.2) is 14.8 Å². The number of aryl methyl sites for hydroxylation is 1. The number of nitrogen functional groups attached to an aromatic ring is 1. The lowest BCUT2D eigenvalue weighted by atomic mass is 9.73. The predicted octanol–water partition coefficient (Wildman–Crippen LogP) is 6.05. The fraction of sp³-hybridized carbons (Fsp3) is 0.635. The third kappa shape index (κ3) is 12.1. The molecule has 3 fully saturated rings. The van der Waals surface area contributed by atoms with E-state index < -0.39 is 89.7 Å². The van der Waals surface area contributed by atoms with Gasteiger partial charge in [0.05, 0.1) is 48.2 Å². The summed E-state index contributed by atoms with van der Waals surface area (Å²) in [5, 5.41) is 11.9. The van der Waals surface area contributed by atoms with Crippen LogP contribution in [-0.4, -0.2) is 146 Å². The number of ketones is 1. The number of aromatic nitrogens is 4. The summed E-state index contributed by atoms with van der Waals surface area (Å²) in [5.74, 6) is -4.51. The van der Waals surface area contributed by atoms with E-state index in [1.54, 1.807) is 81.8 Å². The predicted molar refractivity (Wildman–Crippen MR) is 261 cm³/mol. The van der Waals surface area contributed by atoms with Crippen LogP contribution < -0.4 is 5.73 Å². The van der Waals surface area contributed by atoms with Gasteiger partial charge in [-0.1, -0.05) is 39.8 Å². The SMILES string of the molecule is C=CCN(C)[C@H]1C[C@@H](C)O[C@@H](O[C@@H]2[C@@H](C)[C@H](OC(=O)Cc3cccnc3)[C@@H](C)C(=O)O[C@H](CC)[C@@]3(C)OC(=O)N(CCCCn4cnc(-c5ccc(N)nc5)c4)[C@@H]3[C@@H](C)C(=O)[C@H](C)C[C@@]2(C)OC)[C@@H]1O. The summed E-state index contributed by atoms with van der Waals surface area (Å²) in [6, 6.07) is 5.85. The molecule has 3 N–H and O–H groups in total. The first-order chi connectivity index (χ1) is 33.2. The lowest BCUT2D eigenvalue weighted by Crippen LogP contribution is -2.61. The number of carbonyl (C=O) groups excluding carboxylic acids is 4. The maximum Gasteiger partial charge on any atom is 0.410 e. The van der Waals surface area contributed by atoms with E-state index in [4.69, 9.17) is 34.2 Å². The average molecular weight is 974 g/mol. The smallest absolute Gasteiger partial charge is 0.410 e. The van der Waals surface area contributed by atoms with Crippen LogP contribution in [0.25, 0.3) is 11.3 Å². The Kier molecular flexibility index (Phi) is 18.0. The fourth-order valence-electron chi connectivity index (χ4n) is 11.0. The molecule has 6 heterocycles. The summed E-state index contributed by atoms with van der Waals surface area (Å²) >= 11 is 0. The van der Waals surface area contributed by atoms with Crippen molar-refractivity contribution in [1.29, 1.82) is 0 Å². The first-order valence-electron chi connectivity index (χ1n) is 24.7. The van der Waals surface area contributed by atoms with Crippen molar-refractivity contribution >= 4 is 29.6 Å². The van der Waals surface area contributed by atoms with Crippen LogP contribution in [0.2, 0.25) is 0 Å². The molecule has 3 aliphatic rings. The number of pyridine rings is 2. The molecule has 3 aliphatic heterocycles. The zero-order valence-corrected chi connectivity index (χ0v) is 42.6. The zero-order chi connectivity index (χ0) is 51.1. The Bertz CT molecular complexity index is 2250. The Balaban J connectivity index is 1.34. The first kappa shape index (κ1) is 54.1. The highest BCUT2D eigenvalue weighted by Crippen LogP contribution is 2.44. The number of unbranched alkanes of at least 4 members (excludes halogenated alkanes) is 1. The first-order valence-corrected chi connectivity index (χ1v) is 24.7. The van der Waals surface area contributed by atoms with E-state index in [0.717, 1.165) is 11.3 Å². The topological polar surface area (TPSA) is 220 Å². The number of amides is 1. The number of nitrogens with two attached hydrogens (primary N) is 1. The van der Waals surface area contributed by atoms with Gasteiger partial charge in [-0.3, -0.25) is 24.3 Å². The number of anilines is 1. The summed E-state index contributed by atoms with van der Waals surface area (Å²) in [6.07, 6.45) is 5.72.